The number of amides is 2. The summed E-state index contributed by atoms with van der Waals surface area (Å²) in [7, 11) is 1.95. The molecule has 1 heterocycles. The topological polar surface area (TPSA) is 49.4 Å². The van der Waals surface area contributed by atoms with Crippen LogP contribution >= 0.6 is 0 Å². The van der Waals surface area contributed by atoms with E-state index >= 15 is 0 Å². The fraction of sp³-hybridized carbons (Fsp3) is 0.615. The molecule has 1 aromatic rings. The molecular formula is C26H33FN2O2. The van der Waals surface area contributed by atoms with Gasteiger partial charge in [-0.05, 0) is 92.0 Å². The smallest absolute Gasteiger partial charge is 0.246 e. The molecule has 0 spiro atoms. The Morgan fingerprint density at radius 2 is 1.81 bits per heavy atom. The number of rotatable bonds is 2. The number of carbonyl (C=O) groups excluding carboxylic acids is 2. The van der Waals surface area contributed by atoms with E-state index in [-0.39, 0.29) is 40.4 Å². The molecule has 2 unspecified atom stereocenters. The van der Waals surface area contributed by atoms with Crippen LogP contribution in [0.15, 0.2) is 36.4 Å². The second-order valence-corrected chi connectivity index (χ2v) is 10.8. The van der Waals surface area contributed by atoms with E-state index in [0.29, 0.717) is 23.4 Å². The normalized spacial score (nSPS) is 41.4. The van der Waals surface area contributed by atoms with E-state index in [4.69, 9.17) is 0 Å². The molecular weight excluding hydrogens is 391 g/mol. The lowest BCUT2D eigenvalue weighted by Crippen LogP contribution is -2.59. The number of hydrogen-bond donors (Lipinski definition) is 1. The van der Waals surface area contributed by atoms with Gasteiger partial charge >= 0.3 is 0 Å². The van der Waals surface area contributed by atoms with Crippen LogP contribution in [0.1, 0.15) is 52.4 Å². The maximum absolute atomic E-state index is 13.2. The molecule has 31 heavy (non-hydrogen) atoms. The molecule has 4 nitrogen and oxygen atoms in total. The maximum Gasteiger partial charge on any atom is 0.246 e. The van der Waals surface area contributed by atoms with Crippen LogP contribution < -0.4 is 5.32 Å². The van der Waals surface area contributed by atoms with E-state index in [1.54, 1.807) is 18.2 Å². The van der Waals surface area contributed by atoms with Gasteiger partial charge in [0.05, 0.1) is 0 Å². The van der Waals surface area contributed by atoms with Gasteiger partial charge < -0.3 is 10.2 Å². The Kier molecular flexibility index (Phi) is 4.80. The van der Waals surface area contributed by atoms with E-state index < -0.39 is 0 Å². The molecule has 2 amide bonds. The lowest BCUT2D eigenvalue weighted by atomic mass is 9.47. The van der Waals surface area contributed by atoms with Crippen LogP contribution in [0.25, 0.3) is 0 Å². The van der Waals surface area contributed by atoms with Crippen LogP contribution in [-0.2, 0) is 9.59 Å². The predicted molar refractivity (Wildman–Crippen MR) is 119 cm³/mol. The first kappa shape index (κ1) is 20.7. The van der Waals surface area contributed by atoms with Crippen LogP contribution in [0.5, 0.6) is 0 Å². The SMILES string of the molecule is CN1C(=O)C=C[C@@]2(C)C1CC[C@@H]1[C@H]2CC[C@]2(C)C(C(=O)Nc3ccc(F)cc3)CC[C@@H]12. The van der Waals surface area contributed by atoms with Crippen molar-refractivity contribution >= 4 is 17.5 Å². The fourth-order valence-corrected chi connectivity index (χ4v) is 7.93. The number of benzene rings is 1. The number of nitrogens with zero attached hydrogens (tertiary/aromatic N) is 1. The average Bonchev–Trinajstić information content (AvgIpc) is 3.10. The Hall–Kier alpha value is -2.17. The van der Waals surface area contributed by atoms with Crippen molar-refractivity contribution in [3.8, 4) is 0 Å². The van der Waals surface area contributed by atoms with E-state index in [2.05, 4.69) is 25.2 Å². The number of fused-ring (bicyclic) bond motifs is 5. The monoisotopic (exact) mass is 424 g/mol. The van der Waals surface area contributed by atoms with Crippen molar-refractivity contribution in [2.24, 2.45) is 34.5 Å². The molecule has 3 saturated carbocycles. The first-order valence-corrected chi connectivity index (χ1v) is 11.8. The molecule has 1 N–H and O–H groups in total. The Morgan fingerprint density at radius 1 is 1.06 bits per heavy atom. The standard InChI is InChI=1S/C26H33FN2O2/c1-25-14-12-20-18(8-11-22-26(20,2)15-13-23(30)29(22)3)19(25)9-10-21(25)24(31)28-17-6-4-16(27)5-7-17/h4-7,13,15,18-22H,8-12,14H2,1-3H3,(H,28,31)/t18-,19-,20+,21?,22?,25-,26+/m0/s1. The summed E-state index contributed by atoms with van der Waals surface area (Å²) >= 11 is 0. The highest BCUT2D eigenvalue weighted by atomic mass is 19.1. The summed E-state index contributed by atoms with van der Waals surface area (Å²) < 4.78 is 13.2. The molecule has 3 aliphatic carbocycles. The second-order valence-electron chi connectivity index (χ2n) is 10.8. The first-order valence-electron chi connectivity index (χ1n) is 11.8. The van der Waals surface area contributed by atoms with Crippen molar-refractivity contribution in [2.45, 2.75) is 58.4 Å². The van der Waals surface area contributed by atoms with Gasteiger partial charge in [-0.15, -0.1) is 0 Å². The zero-order valence-corrected chi connectivity index (χ0v) is 18.7. The lowest BCUT2D eigenvalue weighted by molar-refractivity contribution is -0.141. The van der Waals surface area contributed by atoms with E-state index in [1.807, 2.05) is 11.9 Å². The molecule has 166 valence electrons. The van der Waals surface area contributed by atoms with Gasteiger partial charge in [0.25, 0.3) is 0 Å². The fourth-order valence-electron chi connectivity index (χ4n) is 7.93. The van der Waals surface area contributed by atoms with Crippen molar-refractivity contribution < 1.29 is 14.0 Å². The molecule has 3 fully saturated rings. The Bertz CT molecular complexity index is 928. The van der Waals surface area contributed by atoms with E-state index in [0.717, 1.165) is 38.5 Å². The number of hydrogen-bond acceptors (Lipinski definition) is 2. The number of likely N-dealkylation sites (N-methyl/N-ethyl adjacent to an activating group) is 1. The highest BCUT2D eigenvalue weighted by Crippen LogP contribution is 2.65. The third kappa shape index (κ3) is 3.07. The van der Waals surface area contributed by atoms with Crippen molar-refractivity contribution in [1.82, 2.24) is 4.90 Å². The summed E-state index contributed by atoms with van der Waals surface area (Å²) in [6.45, 7) is 4.68. The van der Waals surface area contributed by atoms with Crippen LogP contribution in [0.2, 0.25) is 0 Å². The van der Waals surface area contributed by atoms with Crippen LogP contribution in [-0.4, -0.2) is 29.8 Å². The average molecular weight is 425 g/mol. The highest BCUT2D eigenvalue weighted by Gasteiger charge is 2.61. The van der Waals surface area contributed by atoms with Crippen LogP contribution in [0.3, 0.4) is 0 Å². The summed E-state index contributed by atoms with van der Waals surface area (Å²) in [5, 5.41) is 3.04. The van der Waals surface area contributed by atoms with Crippen LogP contribution in [0, 0.1) is 40.3 Å². The van der Waals surface area contributed by atoms with Gasteiger partial charge in [-0.1, -0.05) is 19.9 Å². The first-order chi connectivity index (χ1) is 14.7. The minimum atomic E-state index is -0.294. The summed E-state index contributed by atoms with van der Waals surface area (Å²) in [4.78, 5) is 27.4. The molecule has 5 heteroatoms. The van der Waals surface area contributed by atoms with Gasteiger partial charge in [-0.2, -0.15) is 0 Å². The molecule has 5 rings (SSSR count). The molecule has 0 radical (unpaired) electrons. The van der Waals surface area contributed by atoms with Gasteiger partial charge in [-0.3, -0.25) is 9.59 Å². The van der Waals surface area contributed by atoms with Gasteiger partial charge in [0, 0.05) is 30.1 Å². The summed E-state index contributed by atoms with van der Waals surface area (Å²) in [6.07, 6.45) is 10.3. The highest BCUT2D eigenvalue weighted by molar-refractivity contribution is 5.93. The number of anilines is 1. The Morgan fingerprint density at radius 3 is 2.55 bits per heavy atom. The zero-order valence-electron chi connectivity index (χ0n) is 18.7. The van der Waals surface area contributed by atoms with E-state index in [9.17, 15) is 14.0 Å². The summed E-state index contributed by atoms with van der Waals surface area (Å²) in [6, 6.07) is 6.33. The largest absolute Gasteiger partial charge is 0.338 e. The Balaban J connectivity index is 1.37. The lowest BCUT2D eigenvalue weighted by Gasteiger charge is -2.60. The van der Waals surface area contributed by atoms with Crippen molar-refractivity contribution in [3.63, 3.8) is 0 Å². The number of carbonyl (C=O) groups is 2. The minimum Gasteiger partial charge on any atom is -0.338 e. The molecule has 1 aromatic carbocycles. The number of halogens is 1. The van der Waals surface area contributed by atoms with Crippen molar-refractivity contribution in [3.05, 3.63) is 42.2 Å². The summed E-state index contributed by atoms with van der Waals surface area (Å²) in [5.41, 5.74) is 0.704. The summed E-state index contributed by atoms with van der Waals surface area (Å²) in [5.74, 6) is 1.63. The molecule has 0 saturated heterocycles. The number of nitrogens with one attached hydrogen (secondary N) is 1. The van der Waals surface area contributed by atoms with Crippen LogP contribution in [0.4, 0.5) is 10.1 Å². The molecule has 1 aliphatic heterocycles. The van der Waals surface area contributed by atoms with Gasteiger partial charge in [0.15, 0.2) is 0 Å². The third-order valence-corrected chi connectivity index (χ3v) is 9.56. The van der Waals surface area contributed by atoms with Gasteiger partial charge in [0.1, 0.15) is 5.82 Å². The molecule has 0 aromatic heterocycles. The van der Waals surface area contributed by atoms with Gasteiger partial charge in [-0.25, -0.2) is 4.39 Å². The maximum atomic E-state index is 13.2. The quantitative estimate of drug-likeness (QED) is 0.725. The van der Waals surface area contributed by atoms with E-state index in [1.165, 1.54) is 12.1 Å². The molecule has 7 atom stereocenters. The van der Waals surface area contributed by atoms with Gasteiger partial charge in [0.2, 0.25) is 11.8 Å². The Labute approximate surface area is 184 Å². The zero-order chi connectivity index (χ0) is 22.0. The second kappa shape index (κ2) is 7.18. The third-order valence-electron chi connectivity index (χ3n) is 9.56. The van der Waals surface area contributed by atoms with Crippen molar-refractivity contribution in [1.29, 1.82) is 0 Å². The molecule has 0 bridgehead atoms. The van der Waals surface area contributed by atoms with Crippen molar-refractivity contribution in [2.75, 3.05) is 12.4 Å². The predicted octanol–water partition coefficient (Wildman–Crippen LogP) is 5.02. The minimum absolute atomic E-state index is 0.000168. The molecule has 4 aliphatic rings.